The van der Waals surface area contributed by atoms with Crippen LogP contribution >= 0.6 is 0 Å². The summed E-state index contributed by atoms with van der Waals surface area (Å²) in [7, 11) is 1.45. The zero-order valence-electron chi connectivity index (χ0n) is 6.30. The lowest BCUT2D eigenvalue weighted by Gasteiger charge is -2.27. The van der Waals surface area contributed by atoms with Crippen LogP contribution in [0.3, 0.4) is 0 Å². The lowest BCUT2D eigenvalue weighted by molar-refractivity contribution is -0.195. The molecule has 2 N–H and O–H groups in total. The number of aliphatic hydroxyl groups is 2. The van der Waals surface area contributed by atoms with Crippen LogP contribution in [0.1, 0.15) is 0 Å². The Morgan fingerprint density at radius 1 is 1.55 bits per heavy atom. The van der Waals surface area contributed by atoms with E-state index in [-0.39, 0.29) is 12.7 Å². The molecule has 11 heavy (non-hydrogen) atoms. The highest BCUT2D eigenvalue weighted by atomic mass is 16.7. The molecule has 0 bridgehead atoms. The summed E-state index contributed by atoms with van der Waals surface area (Å²) in [6.45, 7) is -0.0942. The average molecular weight is 160 g/mol. The molecule has 0 aromatic heterocycles. The van der Waals surface area contributed by atoms with Gasteiger partial charge in [-0.1, -0.05) is 12.2 Å². The second-order valence-corrected chi connectivity index (χ2v) is 2.34. The van der Waals surface area contributed by atoms with Gasteiger partial charge in [0.15, 0.2) is 6.29 Å². The zero-order chi connectivity index (χ0) is 8.27. The number of methoxy groups -OCH3 is 1. The molecule has 0 spiro atoms. The van der Waals surface area contributed by atoms with E-state index in [9.17, 15) is 0 Å². The van der Waals surface area contributed by atoms with Gasteiger partial charge < -0.3 is 19.7 Å². The Balaban J connectivity index is 2.52. The molecule has 0 amide bonds. The second-order valence-electron chi connectivity index (χ2n) is 2.34. The van der Waals surface area contributed by atoms with E-state index in [1.165, 1.54) is 7.11 Å². The lowest BCUT2D eigenvalue weighted by Crippen LogP contribution is -2.37. The summed E-state index contributed by atoms with van der Waals surface area (Å²) in [4.78, 5) is 0. The standard InChI is InChI=1S/C7H12O4/c1-10-7-6(9)3-2-5(4-8)11-7/h2-3,5-9H,4H2,1H3/t5-,6+,7+/m1/s1. The number of ether oxygens (including phenoxy) is 2. The van der Waals surface area contributed by atoms with Gasteiger partial charge in [0.05, 0.1) is 6.61 Å². The first kappa shape index (κ1) is 8.67. The van der Waals surface area contributed by atoms with E-state index in [2.05, 4.69) is 0 Å². The Morgan fingerprint density at radius 2 is 2.27 bits per heavy atom. The van der Waals surface area contributed by atoms with Crippen LogP contribution in [-0.4, -0.2) is 42.4 Å². The van der Waals surface area contributed by atoms with Gasteiger partial charge in [-0.05, 0) is 0 Å². The summed E-state index contributed by atoms with van der Waals surface area (Å²) >= 11 is 0. The number of rotatable bonds is 2. The predicted molar refractivity (Wildman–Crippen MR) is 37.9 cm³/mol. The quantitative estimate of drug-likeness (QED) is 0.523. The van der Waals surface area contributed by atoms with Crippen molar-refractivity contribution in [3.8, 4) is 0 Å². The highest BCUT2D eigenvalue weighted by Crippen LogP contribution is 2.12. The van der Waals surface area contributed by atoms with Crippen LogP contribution in [0.15, 0.2) is 12.2 Å². The summed E-state index contributed by atoms with van der Waals surface area (Å²) in [5, 5.41) is 17.8. The molecular formula is C7H12O4. The molecule has 0 radical (unpaired) electrons. The average Bonchev–Trinajstić information content (AvgIpc) is 2.05. The summed E-state index contributed by atoms with van der Waals surface area (Å²) in [6, 6.07) is 0. The molecule has 0 saturated heterocycles. The molecule has 1 heterocycles. The number of aliphatic hydroxyl groups excluding tert-OH is 2. The maximum absolute atomic E-state index is 9.16. The molecule has 1 aliphatic rings. The zero-order valence-corrected chi connectivity index (χ0v) is 6.30. The summed E-state index contributed by atoms with van der Waals surface area (Å²) in [5.74, 6) is 0. The summed E-state index contributed by atoms with van der Waals surface area (Å²) in [5.41, 5.74) is 0. The minimum atomic E-state index is -0.734. The number of hydrogen-bond acceptors (Lipinski definition) is 4. The van der Waals surface area contributed by atoms with Gasteiger partial charge in [-0.3, -0.25) is 0 Å². The normalized spacial score (nSPS) is 37.5. The van der Waals surface area contributed by atoms with E-state index in [0.717, 1.165) is 0 Å². The number of hydrogen-bond donors (Lipinski definition) is 2. The Bertz CT molecular complexity index is 145. The van der Waals surface area contributed by atoms with Gasteiger partial charge in [-0.2, -0.15) is 0 Å². The maximum Gasteiger partial charge on any atom is 0.187 e. The smallest absolute Gasteiger partial charge is 0.187 e. The third kappa shape index (κ3) is 2.00. The van der Waals surface area contributed by atoms with Crippen molar-refractivity contribution < 1.29 is 19.7 Å². The van der Waals surface area contributed by atoms with Gasteiger partial charge in [-0.25, -0.2) is 0 Å². The molecule has 64 valence electrons. The van der Waals surface area contributed by atoms with E-state index in [1.54, 1.807) is 12.2 Å². The molecule has 0 saturated carbocycles. The third-order valence-corrected chi connectivity index (χ3v) is 1.52. The molecule has 0 aliphatic carbocycles. The molecule has 3 atom stereocenters. The maximum atomic E-state index is 9.16. The summed E-state index contributed by atoms with van der Waals surface area (Å²) in [6.07, 6.45) is 1.42. The van der Waals surface area contributed by atoms with Crippen molar-refractivity contribution in [2.75, 3.05) is 13.7 Å². The van der Waals surface area contributed by atoms with Gasteiger partial charge in [0.2, 0.25) is 0 Å². The van der Waals surface area contributed by atoms with Crippen LogP contribution in [-0.2, 0) is 9.47 Å². The first-order valence-corrected chi connectivity index (χ1v) is 3.43. The molecule has 4 nitrogen and oxygen atoms in total. The SMILES string of the molecule is CO[C@H]1O[C@@H](CO)C=C[C@@H]1O. The van der Waals surface area contributed by atoms with Crippen LogP contribution in [0.25, 0.3) is 0 Å². The van der Waals surface area contributed by atoms with Crippen LogP contribution in [0, 0.1) is 0 Å². The highest BCUT2D eigenvalue weighted by molar-refractivity contribution is 4.99. The van der Waals surface area contributed by atoms with Gasteiger partial charge in [0, 0.05) is 7.11 Å². The Morgan fingerprint density at radius 3 is 2.82 bits per heavy atom. The third-order valence-electron chi connectivity index (χ3n) is 1.52. The molecule has 4 heteroatoms. The minimum Gasteiger partial charge on any atom is -0.393 e. The van der Waals surface area contributed by atoms with E-state index in [1.807, 2.05) is 0 Å². The first-order chi connectivity index (χ1) is 5.27. The van der Waals surface area contributed by atoms with Gasteiger partial charge in [0.1, 0.15) is 12.2 Å². The monoisotopic (exact) mass is 160 g/mol. The predicted octanol–water partition coefficient (Wildman–Crippen LogP) is -0.733. The van der Waals surface area contributed by atoms with Crippen molar-refractivity contribution in [1.82, 2.24) is 0 Å². The molecule has 0 fully saturated rings. The van der Waals surface area contributed by atoms with Gasteiger partial charge in [-0.15, -0.1) is 0 Å². The second kappa shape index (κ2) is 3.82. The lowest BCUT2D eigenvalue weighted by atomic mass is 10.2. The van der Waals surface area contributed by atoms with Crippen LogP contribution < -0.4 is 0 Å². The molecule has 1 rings (SSSR count). The molecule has 0 aromatic rings. The van der Waals surface area contributed by atoms with Crippen molar-refractivity contribution >= 4 is 0 Å². The van der Waals surface area contributed by atoms with Crippen molar-refractivity contribution in [2.45, 2.75) is 18.5 Å². The molecule has 0 unspecified atom stereocenters. The highest BCUT2D eigenvalue weighted by Gasteiger charge is 2.24. The fraction of sp³-hybridized carbons (Fsp3) is 0.714. The van der Waals surface area contributed by atoms with Crippen LogP contribution in [0.5, 0.6) is 0 Å². The van der Waals surface area contributed by atoms with Crippen molar-refractivity contribution in [3.63, 3.8) is 0 Å². The molecule has 0 aromatic carbocycles. The van der Waals surface area contributed by atoms with Gasteiger partial charge >= 0.3 is 0 Å². The van der Waals surface area contributed by atoms with E-state index in [4.69, 9.17) is 19.7 Å². The Labute approximate surface area is 65.0 Å². The Kier molecular flexibility index (Phi) is 3.02. The Hall–Kier alpha value is -0.420. The largest absolute Gasteiger partial charge is 0.393 e. The summed E-state index contributed by atoms with van der Waals surface area (Å²) < 4.78 is 9.89. The van der Waals surface area contributed by atoms with Crippen molar-refractivity contribution in [1.29, 1.82) is 0 Å². The molecule has 1 aliphatic heterocycles. The van der Waals surface area contributed by atoms with E-state index >= 15 is 0 Å². The van der Waals surface area contributed by atoms with E-state index in [0.29, 0.717) is 0 Å². The molecular weight excluding hydrogens is 148 g/mol. The first-order valence-electron chi connectivity index (χ1n) is 3.43. The topological polar surface area (TPSA) is 58.9 Å². The van der Waals surface area contributed by atoms with Crippen LogP contribution in [0.2, 0.25) is 0 Å². The van der Waals surface area contributed by atoms with E-state index < -0.39 is 12.4 Å². The minimum absolute atomic E-state index is 0.0942. The fourth-order valence-corrected chi connectivity index (χ4v) is 0.925. The van der Waals surface area contributed by atoms with Crippen molar-refractivity contribution in [3.05, 3.63) is 12.2 Å². The van der Waals surface area contributed by atoms with Crippen molar-refractivity contribution in [2.24, 2.45) is 0 Å². The fourth-order valence-electron chi connectivity index (χ4n) is 0.925. The van der Waals surface area contributed by atoms with Crippen LogP contribution in [0.4, 0.5) is 0 Å². The van der Waals surface area contributed by atoms with Gasteiger partial charge in [0.25, 0.3) is 0 Å².